The van der Waals surface area contributed by atoms with Gasteiger partial charge in [-0.3, -0.25) is 0 Å². The van der Waals surface area contributed by atoms with E-state index in [1.165, 1.54) is 7.11 Å². The molecule has 0 amide bonds. The number of nitrogens with zero attached hydrogens (tertiary/aromatic N) is 1. The highest BCUT2D eigenvalue weighted by Gasteiger charge is 2.06. The summed E-state index contributed by atoms with van der Waals surface area (Å²) in [6.07, 6.45) is 1.67. The lowest BCUT2D eigenvalue weighted by atomic mass is 10.1. The van der Waals surface area contributed by atoms with E-state index in [1.807, 2.05) is 36.4 Å². The van der Waals surface area contributed by atoms with Crippen molar-refractivity contribution in [2.75, 3.05) is 7.11 Å². The van der Waals surface area contributed by atoms with Crippen LogP contribution in [0.1, 0.15) is 10.5 Å². The minimum Gasteiger partial charge on any atom is -0.464 e. The first-order valence-electron chi connectivity index (χ1n) is 4.91. The minimum absolute atomic E-state index is 0.321. The van der Waals surface area contributed by atoms with Crippen LogP contribution in [-0.4, -0.2) is 18.1 Å². The molecule has 0 unspecified atom stereocenters. The summed E-state index contributed by atoms with van der Waals surface area (Å²) < 4.78 is 4.58. The SMILES string of the molecule is COC(=O)c1ccc(-c2ccccc2)cn1. The number of hydrogen-bond donors (Lipinski definition) is 0. The van der Waals surface area contributed by atoms with Crippen LogP contribution in [0.15, 0.2) is 48.7 Å². The van der Waals surface area contributed by atoms with Gasteiger partial charge in [-0.2, -0.15) is 0 Å². The number of ether oxygens (including phenoxy) is 1. The van der Waals surface area contributed by atoms with Crippen molar-refractivity contribution in [3.63, 3.8) is 0 Å². The molecule has 16 heavy (non-hydrogen) atoms. The predicted octanol–water partition coefficient (Wildman–Crippen LogP) is 2.54. The number of esters is 1. The molecule has 0 aliphatic heterocycles. The molecular weight excluding hydrogens is 202 g/mol. The van der Waals surface area contributed by atoms with Crippen molar-refractivity contribution in [1.82, 2.24) is 4.98 Å². The third kappa shape index (κ3) is 2.08. The molecule has 2 aromatic rings. The average Bonchev–Trinajstić information content (AvgIpc) is 2.39. The largest absolute Gasteiger partial charge is 0.464 e. The van der Waals surface area contributed by atoms with Gasteiger partial charge in [-0.1, -0.05) is 36.4 Å². The topological polar surface area (TPSA) is 39.2 Å². The van der Waals surface area contributed by atoms with Gasteiger partial charge in [0, 0.05) is 11.8 Å². The number of aromatic nitrogens is 1. The van der Waals surface area contributed by atoms with E-state index in [4.69, 9.17) is 0 Å². The van der Waals surface area contributed by atoms with Gasteiger partial charge in [0.15, 0.2) is 0 Å². The first kappa shape index (κ1) is 10.4. The van der Waals surface area contributed by atoms with Gasteiger partial charge in [0.2, 0.25) is 0 Å². The van der Waals surface area contributed by atoms with Gasteiger partial charge >= 0.3 is 5.97 Å². The zero-order valence-corrected chi connectivity index (χ0v) is 8.88. The lowest BCUT2D eigenvalue weighted by Gasteiger charge is -2.02. The normalized spacial score (nSPS) is 9.81. The fourth-order valence-electron chi connectivity index (χ4n) is 1.42. The Bertz CT molecular complexity index is 477. The number of pyridine rings is 1. The van der Waals surface area contributed by atoms with E-state index in [2.05, 4.69) is 9.72 Å². The monoisotopic (exact) mass is 213 g/mol. The summed E-state index contributed by atoms with van der Waals surface area (Å²) in [6.45, 7) is 0. The zero-order chi connectivity index (χ0) is 11.4. The van der Waals surface area contributed by atoms with Crippen molar-refractivity contribution in [2.45, 2.75) is 0 Å². The first-order chi connectivity index (χ1) is 7.81. The molecule has 1 aromatic heterocycles. The molecule has 0 atom stereocenters. The fourth-order valence-corrected chi connectivity index (χ4v) is 1.42. The standard InChI is InChI=1S/C13H11NO2/c1-16-13(15)12-8-7-11(9-14-12)10-5-3-2-4-6-10/h2-9H,1H3. The molecule has 0 aliphatic rings. The van der Waals surface area contributed by atoms with Gasteiger partial charge in [-0.25, -0.2) is 9.78 Å². The second kappa shape index (κ2) is 4.57. The summed E-state index contributed by atoms with van der Waals surface area (Å²) >= 11 is 0. The van der Waals surface area contributed by atoms with Gasteiger partial charge in [-0.15, -0.1) is 0 Å². The van der Waals surface area contributed by atoms with Crippen molar-refractivity contribution in [2.24, 2.45) is 0 Å². The van der Waals surface area contributed by atoms with E-state index in [9.17, 15) is 4.79 Å². The van der Waals surface area contributed by atoms with E-state index >= 15 is 0 Å². The van der Waals surface area contributed by atoms with Crippen LogP contribution < -0.4 is 0 Å². The lowest BCUT2D eigenvalue weighted by Crippen LogP contribution is -2.03. The molecule has 0 bridgehead atoms. The quantitative estimate of drug-likeness (QED) is 0.719. The average molecular weight is 213 g/mol. The van der Waals surface area contributed by atoms with Crippen LogP contribution in [0.25, 0.3) is 11.1 Å². The molecule has 0 radical (unpaired) electrons. The van der Waals surface area contributed by atoms with Crippen molar-refractivity contribution < 1.29 is 9.53 Å². The lowest BCUT2D eigenvalue weighted by molar-refractivity contribution is 0.0594. The molecule has 0 spiro atoms. The second-order valence-electron chi connectivity index (χ2n) is 3.29. The number of carbonyl (C=O) groups excluding carboxylic acids is 1. The number of hydrogen-bond acceptors (Lipinski definition) is 3. The number of carbonyl (C=O) groups is 1. The maximum Gasteiger partial charge on any atom is 0.356 e. The highest BCUT2D eigenvalue weighted by molar-refractivity contribution is 5.87. The Kier molecular flexibility index (Phi) is 2.96. The Morgan fingerprint density at radius 1 is 1.06 bits per heavy atom. The molecule has 0 saturated heterocycles. The molecule has 3 nitrogen and oxygen atoms in total. The Balaban J connectivity index is 2.30. The molecule has 3 heteroatoms. The minimum atomic E-state index is -0.417. The van der Waals surface area contributed by atoms with Crippen LogP contribution in [0.4, 0.5) is 0 Å². The third-order valence-corrected chi connectivity index (χ3v) is 2.27. The molecule has 0 saturated carbocycles. The molecule has 1 heterocycles. The summed E-state index contributed by atoms with van der Waals surface area (Å²) in [7, 11) is 1.34. The Morgan fingerprint density at radius 2 is 1.81 bits per heavy atom. The van der Waals surface area contributed by atoms with Crippen LogP contribution in [0, 0.1) is 0 Å². The molecule has 80 valence electrons. The van der Waals surface area contributed by atoms with Crippen molar-refractivity contribution >= 4 is 5.97 Å². The number of benzene rings is 1. The highest BCUT2D eigenvalue weighted by atomic mass is 16.5. The highest BCUT2D eigenvalue weighted by Crippen LogP contribution is 2.17. The van der Waals surface area contributed by atoms with Gasteiger partial charge in [-0.05, 0) is 11.6 Å². The van der Waals surface area contributed by atoms with Crippen LogP contribution in [0.5, 0.6) is 0 Å². The van der Waals surface area contributed by atoms with Gasteiger partial charge in [0.05, 0.1) is 7.11 Å². The number of methoxy groups -OCH3 is 1. The number of rotatable bonds is 2. The first-order valence-corrected chi connectivity index (χ1v) is 4.91. The fraction of sp³-hybridized carbons (Fsp3) is 0.0769. The Morgan fingerprint density at radius 3 is 2.38 bits per heavy atom. The van der Waals surface area contributed by atoms with E-state index in [0.717, 1.165) is 11.1 Å². The molecule has 2 rings (SSSR count). The molecule has 0 N–H and O–H groups in total. The maximum atomic E-state index is 11.2. The molecule has 0 aliphatic carbocycles. The Labute approximate surface area is 93.7 Å². The van der Waals surface area contributed by atoms with Crippen molar-refractivity contribution in [1.29, 1.82) is 0 Å². The van der Waals surface area contributed by atoms with Gasteiger partial charge in [0.25, 0.3) is 0 Å². The van der Waals surface area contributed by atoms with Crippen LogP contribution in [0.3, 0.4) is 0 Å². The van der Waals surface area contributed by atoms with Gasteiger partial charge in [0.1, 0.15) is 5.69 Å². The zero-order valence-electron chi connectivity index (χ0n) is 8.88. The van der Waals surface area contributed by atoms with E-state index in [-0.39, 0.29) is 0 Å². The summed E-state index contributed by atoms with van der Waals surface area (Å²) in [5.41, 5.74) is 2.38. The maximum absolute atomic E-state index is 11.2. The smallest absolute Gasteiger partial charge is 0.356 e. The molecular formula is C13H11NO2. The van der Waals surface area contributed by atoms with E-state index in [0.29, 0.717) is 5.69 Å². The molecule has 1 aromatic carbocycles. The summed E-state index contributed by atoms with van der Waals surface area (Å²) in [5, 5.41) is 0. The summed E-state index contributed by atoms with van der Waals surface area (Å²) in [5.74, 6) is -0.417. The van der Waals surface area contributed by atoms with E-state index in [1.54, 1.807) is 12.3 Å². The van der Waals surface area contributed by atoms with Crippen LogP contribution in [-0.2, 0) is 4.74 Å². The third-order valence-electron chi connectivity index (χ3n) is 2.27. The van der Waals surface area contributed by atoms with Crippen LogP contribution in [0.2, 0.25) is 0 Å². The van der Waals surface area contributed by atoms with Crippen LogP contribution >= 0.6 is 0 Å². The summed E-state index contributed by atoms with van der Waals surface area (Å²) in [4.78, 5) is 15.2. The van der Waals surface area contributed by atoms with E-state index < -0.39 is 5.97 Å². The molecule has 0 fully saturated rings. The second-order valence-corrected chi connectivity index (χ2v) is 3.29. The Hall–Kier alpha value is -2.16. The predicted molar refractivity (Wildman–Crippen MR) is 61.0 cm³/mol. The van der Waals surface area contributed by atoms with Gasteiger partial charge < -0.3 is 4.74 Å². The summed E-state index contributed by atoms with van der Waals surface area (Å²) in [6, 6.07) is 13.4. The van der Waals surface area contributed by atoms with Crippen molar-refractivity contribution in [3.05, 3.63) is 54.4 Å². The van der Waals surface area contributed by atoms with Crippen molar-refractivity contribution in [3.8, 4) is 11.1 Å².